The highest BCUT2D eigenvalue weighted by atomic mass is 15.1. The van der Waals surface area contributed by atoms with E-state index in [0.29, 0.717) is 18.1 Å². The summed E-state index contributed by atoms with van der Waals surface area (Å²) >= 11 is 0. The summed E-state index contributed by atoms with van der Waals surface area (Å²) < 4.78 is 0. The van der Waals surface area contributed by atoms with E-state index < -0.39 is 0 Å². The van der Waals surface area contributed by atoms with Crippen molar-refractivity contribution in [2.24, 2.45) is 5.92 Å². The van der Waals surface area contributed by atoms with Gasteiger partial charge < -0.3 is 31.9 Å². The van der Waals surface area contributed by atoms with E-state index in [9.17, 15) is 0 Å². The molecule has 0 aromatic carbocycles. The largest absolute Gasteiger partial charge is 0.314 e. The quantitative estimate of drug-likeness (QED) is 0.134. The lowest BCUT2D eigenvalue weighted by atomic mass is 9.79. The highest BCUT2D eigenvalue weighted by molar-refractivity contribution is 5.01. The van der Waals surface area contributed by atoms with Gasteiger partial charge in [-0.3, -0.25) is 0 Å². The molecule has 3 saturated heterocycles. The van der Waals surface area contributed by atoms with Gasteiger partial charge in [-0.05, 0) is 173 Å². The summed E-state index contributed by atoms with van der Waals surface area (Å²) in [6.45, 7) is 31.8. The molecular formula is C36H74N6. The zero-order valence-electron chi connectivity index (χ0n) is 30.2. The zero-order valence-corrected chi connectivity index (χ0v) is 30.2. The van der Waals surface area contributed by atoms with Crippen LogP contribution in [0.5, 0.6) is 0 Å². The van der Waals surface area contributed by atoms with Gasteiger partial charge in [0, 0.05) is 51.4 Å². The standard InChI is InChI=1S/C36H74N6/c1-31(2)20-28(21-32(3,4)40-31)37-18-14-13-16-27(26-39-30-24-35(9,10)42-36(11,12)25-30)17-15-19-38-29-22-33(5,6)41-34(7,8)23-29/h27-30,37-42H,13-26H2,1-12H3. The van der Waals surface area contributed by atoms with Crippen molar-refractivity contribution < 1.29 is 0 Å². The summed E-state index contributed by atoms with van der Waals surface area (Å²) in [6, 6.07) is 1.84. The van der Waals surface area contributed by atoms with Crippen molar-refractivity contribution in [2.45, 2.75) is 205 Å². The predicted octanol–water partition coefficient (Wildman–Crippen LogP) is 6.25. The summed E-state index contributed by atoms with van der Waals surface area (Å²) in [6.07, 6.45) is 13.8. The molecule has 3 rings (SSSR count). The van der Waals surface area contributed by atoms with Gasteiger partial charge in [-0.1, -0.05) is 6.42 Å². The lowest BCUT2D eigenvalue weighted by Crippen LogP contribution is -2.62. The summed E-state index contributed by atoms with van der Waals surface area (Å²) in [7, 11) is 0. The summed E-state index contributed by atoms with van der Waals surface area (Å²) in [5.41, 5.74) is 1.21. The van der Waals surface area contributed by atoms with E-state index in [1.54, 1.807) is 0 Å². The van der Waals surface area contributed by atoms with Crippen molar-refractivity contribution in [1.29, 1.82) is 0 Å². The Balaban J connectivity index is 1.46. The number of hydrogen-bond donors (Lipinski definition) is 6. The van der Waals surface area contributed by atoms with Gasteiger partial charge in [-0.2, -0.15) is 0 Å². The van der Waals surface area contributed by atoms with Crippen LogP contribution in [0.3, 0.4) is 0 Å². The highest BCUT2D eigenvalue weighted by Crippen LogP contribution is 2.31. The van der Waals surface area contributed by atoms with Gasteiger partial charge in [0.1, 0.15) is 0 Å². The molecule has 3 heterocycles. The molecule has 0 aliphatic carbocycles. The maximum Gasteiger partial charge on any atom is 0.0144 e. The van der Waals surface area contributed by atoms with Crippen LogP contribution in [-0.2, 0) is 0 Å². The van der Waals surface area contributed by atoms with Gasteiger partial charge in [0.05, 0.1) is 0 Å². The van der Waals surface area contributed by atoms with Crippen LogP contribution in [0.1, 0.15) is 154 Å². The van der Waals surface area contributed by atoms with Crippen molar-refractivity contribution >= 4 is 0 Å². The van der Waals surface area contributed by atoms with Crippen molar-refractivity contribution in [3.05, 3.63) is 0 Å². The Hall–Kier alpha value is -0.240. The Kier molecular flexibility index (Phi) is 12.1. The molecule has 3 aliphatic rings. The number of rotatable bonds is 14. The third-order valence-corrected chi connectivity index (χ3v) is 9.96. The minimum atomic E-state index is 0.193. The van der Waals surface area contributed by atoms with Crippen molar-refractivity contribution in [2.75, 3.05) is 19.6 Å². The average molecular weight is 591 g/mol. The monoisotopic (exact) mass is 591 g/mol. The van der Waals surface area contributed by atoms with Gasteiger partial charge in [0.25, 0.3) is 0 Å². The average Bonchev–Trinajstić information content (AvgIpc) is 2.73. The van der Waals surface area contributed by atoms with Crippen LogP contribution in [0.25, 0.3) is 0 Å². The Morgan fingerprint density at radius 2 is 0.762 bits per heavy atom. The zero-order chi connectivity index (χ0) is 31.5. The smallest absolute Gasteiger partial charge is 0.0144 e. The van der Waals surface area contributed by atoms with E-state index in [1.807, 2.05) is 0 Å². The van der Waals surface area contributed by atoms with Gasteiger partial charge in [-0.15, -0.1) is 0 Å². The fourth-order valence-electron chi connectivity index (χ4n) is 9.64. The molecule has 6 N–H and O–H groups in total. The van der Waals surface area contributed by atoms with Crippen LogP contribution >= 0.6 is 0 Å². The molecule has 0 spiro atoms. The van der Waals surface area contributed by atoms with E-state index in [0.717, 1.165) is 25.6 Å². The highest BCUT2D eigenvalue weighted by Gasteiger charge is 2.39. The van der Waals surface area contributed by atoms with E-state index in [-0.39, 0.29) is 33.2 Å². The Morgan fingerprint density at radius 3 is 1.14 bits per heavy atom. The molecule has 42 heavy (non-hydrogen) atoms. The first kappa shape index (κ1) is 36.2. The maximum atomic E-state index is 4.06. The third kappa shape index (κ3) is 13.0. The number of nitrogens with one attached hydrogen (secondary N) is 6. The van der Waals surface area contributed by atoms with Gasteiger partial charge in [0.2, 0.25) is 0 Å². The lowest BCUT2D eigenvalue weighted by molar-refractivity contribution is 0.141. The van der Waals surface area contributed by atoms with E-state index in [1.165, 1.54) is 70.6 Å². The molecule has 0 aromatic heterocycles. The molecule has 6 heteroatoms. The molecular weight excluding hydrogens is 516 g/mol. The predicted molar refractivity (Wildman–Crippen MR) is 184 cm³/mol. The normalized spacial score (nSPS) is 28.0. The summed E-state index contributed by atoms with van der Waals surface area (Å²) in [4.78, 5) is 0. The molecule has 0 radical (unpaired) electrons. The Bertz CT molecular complexity index is 781. The lowest BCUT2D eigenvalue weighted by Gasteiger charge is -2.47. The molecule has 0 bridgehead atoms. The summed E-state index contributed by atoms with van der Waals surface area (Å²) in [5, 5.41) is 23.5. The van der Waals surface area contributed by atoms with Crippen LogP contribution in [0.2, 0.25) is 0 Å². The SMILES string of the molecule is CC1(C)CC(NCCCCC(CCCNC2CC(C)(C)NC(C)(C)C2)CNC2CC(C)(C)NC(C)(C)C2)CC(C)(C)N1. The molecule has 0 aromatic rings. The van der Waals surface area contributed by atoms with Crippen molar-refractivity contribution in [3.8, 4) is 0 Å². The molecule has 0 amide bonds. The topological polar surface area (TPSA) is 72.2 Å². The van der Waals surface area contributed by atoms with Gasteiger partial charge in [0.15, 0.2) is 0 Å². The van der Waals surface area contributed by atoms with E-state index >= 15 is 0 Å². The first-order valence-corrected chi connectivity index (χ1v) is 17.7. The fourth-order valence-corrected chi connectivity index (χ4v) is 9.64. The third-order valence-electron chi connectivity index (χ3n) is 9.96. The van der Waals surface area contributed by atoms with Crippen LogP contribution < -0.4 is 31.9 Å². The number of unbranched alkanes of at least 4 members (excludes halogenated alkanes) is 1. The van der Waals surface area contributed by atoms with Crippen LogP contribution in [0.15, 0.2) is 0 Å². The molecule has 1 unspecified atom stereocenters. The van der Waals surface area contributed by atoms with Crippen LogP contribution in [0.4, 0.5) is 0 Å². The first-order valence-electron chi connectivity index (χ1n) is 17.7. The van der Waals surface area contributed by atoms with Crippen LogP contribution in [0, 0.1) is 5.92 Å². The second kappa shape index (κ2) is 14.0. The van der Waals surface area contributed by atoms with Gasteiger partial charge >= 0.3 is 0 Å². The Labute approximate surface area is 262 Å². The van der Waals surface area contributed by atoms with Crippen molar-refractivity contribution in [1.82, 2.24) is 31.9 Å². The molecule has 3 fully saturated rings. The van der Waals surface area contributed by atoms with Crippen molar-refractivity contribution in [3.63, 3.8) is 0 Å². The molecule has 1 atom stereocenters. The minimum absolute atomic E-state index is 0.193. The maximum absolute atomic E-state index is 4.06. The van der Waals surface area contributed by atoms with Gasteiger partial charge in [-0.25, -0.2) is 0 Å². The van der Waals surface area contributed by atoms with E-state index in [2.05, 4.69) is 115 Å². The first-order chi connectivity index (χ1) is 19.1. The Morgan fingerprint density at radius 1 is 0.452 bits per heavy atom. The number of hydrogen-bond acceptors (Lipinski definition) is 6. The second-order valence-electron chi connectivity index (χ2n) is 18.8. The van der Waals surface area contributed by atoms with Crippen LogP contribution in [-0.4, -0.2) is 71.0 Å². The fraction of sp³-hybridized carbons (Fsp3) is 1.00. The second-order valence-corrected chi connectivity index (χ2v) is 18.8. The molecule has 248 valence electrons. The number of piperidine rings is 3. The van der Waals surface area contributed by atoms with E-state index in [4.69, 9.17) is 0 Å². The molecule has 3 aliphatic heterocycles. The molecule has 6 nitrogen and oxygen atoms in total. The minimum Gasteiger partial charge on any atom is -0.314 e. The molecule has 0 saturated carbocycles. The summed E-state index contributed by atoms with van der Waals surface area (Å²) in [5.74, 6) is 0.755.